The Morgan fingerprint density at radius 2 is 1.71 bits per heavy atom. The van der Waals surface area contributed by atoms with Gasteiger partial charge in [0, 0.05) is 0 Å². The number of rotatable bonds is 2. The van der Waals surface area contributed by atoms with Crippen LogP contribution in [0.5, 0.6) is 0 Å². The minimum atomic E-state index is -1.18. The summed E-state index contributed by atoms with van der Waals surface area (Å²) in [5.41, 5.74) is 0. The van der Waals surface area contributed by atoms with Crippen LogP contribution in [0.15, 0.2) is 0 Å². The third-order valence-electron chi connectivity index (χ3n) is 2.56. The number of ether oxygens (including phenoxy) is 1. The van der Waals surface area contributed by atoms with Crippen molar-refractivity contribution in [1.29, 1.82) is 0 Å². The van der Waals surface area contributed by atoms with Gasteiger partial charge in [-0.25, -0.2) is 0 Å². The highest BCUT2D eigenvalue weighted by molar-refractivity contribution is 6.18. The Morgan fingerprint density at radius 1 is 1.14 bits per heavy atom. The van der Waals surface area contributed by atoms with E-state index in [2.05, 4.69) is 0 Å². The van der Waals surface area contributed by atoms with E-state index < -0.39 is 30.5 Å². The van der Waals surface area contributed by atoms with Gasteiger partial charge in [0.05, 0.1) is 12.0 Å². The summed E-state index contributed by atoms with van der Waals surface area (Å²) in [6.45, 7) is 3.76. The monoisotopic (exact) mass is 224 g/mol. The largest absolute Gasteiger partial charge is 0.388 e. The minimum absolute atomic E-state index is 0.0675. The van der Waals surface area contributed by atoms with E-state index in [1.807, 2.05) is 13.8 Å². The number of hydrogen-bond acceptors (Lipinski definition) is 4. The average molecular weight is 225 g/mol. The molecule has 84 valence electrons. The molecule has 1 saturated heterocycles. The van der Waals surface area contributed by atoms with Crippen LogP contribution in [-0.4, -0.2) is 51.7 Å². The van der Waals surface area contributed by atoms with Crippen LogP contribution in [0.2, 0.25) is 0 Å². The molecule has 3 N–H and O–H groups in total. The Morgan fingerprint density at radius 3 is 2.14 bits per heavy atom. The molecule has 5 atom stereocenters. The lowest BCUT2D eigenvalue weighted by Crippen LogP contribution is -2.59. The zero-order chi connectivity index (χ0) is 10.9. The van der Waals surface area contributed by atoms with E-state index in [1.165, 1.54) is 0 Å². The fraction of sp³-hybridized carbons (Fsp3) is 1.00. The van der Waals surface area contributed by atoms with E-state index in [1.54, 1.807) is 0 Å². The Kier molecular flexibility index (Phi) is 4.15. The molecule has 0 aromatic carbocycles. The molecule has 5 heteroatoms. The highest BCUT2D eigenvalue weighted by atomic mass is 35.5. The van der Waals surface area contributed by atoms with Crippen LogP contribution >= 0.6 is 11.6 Å². The number of aliphatic hydroxyl groups excluding tert-OH is 3. The average Bonchev–Trinajstić information content (AvgIpc) is 2.14. The molecule has 1 heterocycles. The number of halogens is 1. The van der Waals surface area contributed by atoms with Crippen molar-refractivity contribution in [2.75, 3.05) is 5.88 Å². The van der Waals surface area contributed by atoms with Crippen molar-refractivity contribution in [3.8, 4) is 0 Å². The minimum Gasteiger partial charge on any atom is -0.388 e. The van der Waals surface area contributed by atoms with E-state index in [-0.39, 0.29) is 11.8 Å². The highest BCUT2D eigenvalue weighted by Crippen LogP contribution is 2.26. The lowest BCUT2D eigenvalue weighted by molar-refractivity contribution is -0.225. The second-order valence-corrected chi connectivity index (χ2v) is 4.32. The summed E-state index contributed by atoms with van der Waals surface area (Å²) >= 11 is 5.58. The molecule has 14 heavy (non-hydrogen) atoms. The molecule has 4 nitrogen and oxygen atoms in total. The summed E-state index contributed by atoms with van der Waals surface area (Å²) < 4.78 is 5.40. The molecule has 0 radical (unpaired) electrons. The lowest BCUT2D eigenvalue weighted by atomic mass is 9.90. The summed E-state index contributed by atoms with van der Waals surface area (Å²) in [5, 5.41) is 28.6. The zero-order valence-corrected chi connectivity index (χ0v) is 9.05. The Balaban J connectivity index is 2.73. The first-order valence-corrected chi connectivity index (χ1v) is 5.28. The van der Waals surface area contributed by atoms with Gasteiger partial charge in [-0.15, -0.1) is 11.6 Å². The molecule has 1 fully saturated rings. The van der Waals surface area contributed by atoms with Crippen LogP contribution in [0.1, 0.15) is 13.8 Å². The van der Waals surface area contributed by atoms with Crippen molar-refractivity contribution in [3.05, 3.63) is 0 Å². The van der Waals surface area contributed by atoms with Gasteiger partial charge in [0.2, 0.25) is 0 Å². The van der Waals surface area contributed by atoms with E-state index in [9.17, 15) is 15.3 Å². The third-order valence-corrected chi connectivity index (χ3v) is 2.86. The predicted molar refractivity (Wildman–Crippen MR) is 52.2 cm³/mol. The van der Waals surface area contributed by atoms with Gasteiger partial charge in [0.25, 0.3) is 0 Å². The normalized spacial score (nSPS) is 44.4. The fourth-order valence-corrected chi connectivity index (χ4v) is 1.91. The van der Waals surface area contributed by atoms with Gasteiger partial charge in [-0.1, -0.05) is 13.8 Å². The van der Waals surface area contributed by atoms with Crippen molar-refractivity contribution >= 4 is 11.6 Å². The molecule has 0 bridgehead atoms. The van der Waals surface area contributed by atoms with Crippen LogP contribution < -0.4 is 0 Å². The van der Waals surface area contributed by atoms with E-state index in [0.717, 1.165) is 0 Å². The van der Waals surface area contributed by atoms with E-state index in [0.29, 0.717) is 0 Å². The zero-order valence-electron chi connectivity index (χ0n) is 8.30. The summed E-state index contributed by atoms with van der Waals surface area (Å²) in [5.74, 6) is 0.173. The highest BCUT2D eigenvalue weighted by Gasteiger charge is 2.44. The van der Waals surface area contributed by atoms with Crippen molar-refractivity contribution in [3.63, 3.8) is 0 Å². The first kappa shape index (κ1) is 12.2. The SMILES string of the molecule is CC(C)[C@@H]1OC(CCl)[C@H](O)[C@H](O)C1O. The van der Waals surface area contributed by atoms with Crippen molar-refractivity contribution in [1.82, 2.24) is 0 Å². The van der Waals surface area contributed by atoms with Crippen LogP contribution in [0, 0.1) is 5.92 Å². The maximum atomic E-state index is 9.61. The van der Waals surface area contributed by atoms with Gasteiger partial charge in [-0.2, -0.15) is 0 Å². The standard InChI is InChI=1S/C9H17ClO4/c1-4(2)9-8(13)7(12)6(11)5(3-10)14-9/h4-9,11-13H,3H2,1-2H3/t5?,6-,7-,8?,9-/m0/s1. The van der Waals surface area contributed by atoms with Crippen LogP contribution in [0.4, 0.5) is 0 Å². The van der Waals surface area contributed by atoms with Gasteiger partial charge < -0.3 is 20.1 Å². The van der Waals surface area contributed by atoms with Crippen LogP contribution in [0.3, 0.4) is 0 Å². The fourth-order valence-electron chi connectivity index (χ4n) is 1.66. The summed E-state index contributed by atoms with van der Waals surface area (Å²) in [6.07, 6.45) is -4.43. The van der Waals surface area contributed by atoms with Gasteiger partial charge in [-0.05, 0) is 5.92 Å². The second kappa shape index (κ2) is 4.77. The first-order chi connectivity index (χ1) is 6.49. The van der Waals surface area contributed by atoms with Gasteiger partial charge in [0.15, 0.2) is 0 Å². The van der Waals surface area contributed by atoms with E-state index in [4.69, 9.17) is 16.3 Å². The molecule has 1 aliphatic rings. The number of aliphatic hydroxyl groups is 3. The third kappa shape index (κ3) is 2.20. The Hall–Kier alpha value is 0.130. The van der Waals surface area contributed by atoms with Crippen molar-refractivity contribution < 1.29 is 20.1 Å². The first-order valence-electron chi connectivity index (χ1n) is 4.74. The Labute approximate surface area is 88.5 Å². The van der Waals surface area contributed by atoms with Gasteiger partial charge >= 0.3 is 0 Å². The summed E-state index contributed by atoms with van der Waals surface area (Å²) in [7, 11) is 0. The molecule has 0 amide bonds. The van der Waals surface area contributed by atoms with Gasteiger partial charge in [-0.3, -0.25) is 0 Å². The second-order valence-electron chi connectivity index (χ2n) is 4.01. The smallest absolute Gasteiger partial charge is 0.111 e. The maximum Gasteiger partial charge on any atom is 0.111 e. The predicted octanol–water partition coefficient (Wildman–Crippen LogP) is -0.269. The molecule has 0 aromatic rings. The molecular weight excluding hydrogens is 208 g/mol. The summed E-state index contributed by atoms with van der Waals surface area (Å²) in [4.78, 5) is 0. The van der Waals surface area contributed by atoms with E-state index >= 15 is 0 Å². The summed E-state index contributed by atoms with van der Waals surface area (Å²) in [6, 6.07) is 0. The quantitative estimate of drug-likeness (QED) is 0.565. The molecule has 1 rings (SSSR count). The molecular formula is C9H17ClO4. The van der Waals surface area contributed by atoms with Crippen molar-refractivity contribution in [2.45, 2.75) is 44.4 Å². The molecule has 0 aliphatic carbocycles. The molecule has 0 saturated carbocycles. The topological polar surface area (TPSA) is 69.9 Å². The number of hydrogen-bond donors (Lipinski definition) is 3. The molecule has 0 spiro atoms. The molecule has 2 unspecified atom stereocenters. The Bertz CT molecular complexity index is 186. The number of alkyl halides is 1. The lowest BCUT2D eigenvalue weighted by Gasteiger charge is -2.41. The molecule has 1 aliphatic heterocycles. The van der Waals surface area contributed by atoms with Crippen molar-refractivity contribution in [2.24, 2.45) is 5.92 Å². The van der Waals surface area contributed by atoms with Gasteiger partial charge in [0.1, 0.15) is 24.4 Å². The van der Waals surface area contributed by atoms with Crippen LogP contribution in [-0.2, 0) is 4.74 Å². The molecule has 0 aromatic heterocycles. The van der Waals surface area contributed by atoms with Crippen LogP contribution in [0.25, 0.3) is 0 Å². The maximum absolute atomic E-state index is 9.61.